The molecule has 0 radical (unpaired) electrons. The maximum atomic E-state index is 12.0. The van der Waals surface area contributed by atoms with Crippen LogP contribution < -0.4 is 5.32 Å². The van der Waals surface area contributed by atoms with Crippen LogP contribution in [0.25, 0.3) is 0 Å². The first-order chi connectivity index (χ1) is 9.49. The minimum absolute atomic E-state index is 0.0292. The summed E-state index contributed by atoms with van der Waals surface area (Å²) in [5.74, 6) is -1.73. The lowest BCUT2D eigenvalue weighted by atomic mass is 10.2. The molecule has 2 rings (SSSR count). The lowest BCUT2D eigenvalue weighted by Crippen LogP contribution is -2.16. The molecule has 1 amide bonds. The number of hydrogen-bond donors (Lipinski definition) is 2. The molecule has 0 aliphatic heterocycles. The van der Waals surface area contributed by atoms with Gasteiger partial charge in [-0.15, -0.1) is 0 Å². The van der Waals surface area contributed by atoms with Gasteiger partial charge in [-0.25, -0.2) is 14.8 Å². The molecular formula is C12H7BrClN3O3. The molecule has 0 saturated carbocycles. The van der Waals surface area contributed by atoms with Crippen molar-refractivity contribution in [1.82, 2.24) is 9.97 Å². The fourth-order valence-electron chi connectivity index (χ4n) is 1.44. The van der Waals surface area contributed by atoms with Gasteiger partial charge in [0.15, 0.2) is 0 Å². The van der Waals surface area contributed by atoms with Gasteiger partial charge >= 0.3 is 5.97 Å². The summed E-state index contributed by atoms with van der Waals surface area (Å²) in [7, 11) is 0. The number of benzene rings is 1. The van der Waals surface area contributed by atoms with E-state index in [1.54, 1.807) is 12.1 Å². The van der Waals surface area contributed by atoms with E-state index < -0.39 is 11.9 Å². The van der Waals surface area contributed by atoms with Crippen LogP contribution in [-0.4, -0.2) is 27.0 Å². The third kappa shape index (κ3) is 3.12. The minimum Gasteiger partial charge on any atom is -0.478 e. The number of nitrogens with zero attached hydrogens (tertiary/aromatic N) is 2. The summed E-state index contributed by atoms with van der Waals surface area (Å²) < 4.78 is 0.452. The molecule has 1 heterocycles. The van der Waals surface area contributed by atoms with E-state index in [-0.39, 0.29) is 22.1 Å². The van der Waals surface area contributed by atoms with Crippen LogP contribution in [0.5, 0.6) is 0 Å². The van der Waals surface area contributed by atoms with Crippen LogP contribution >= 0.6 is 27.5 Å². The number of hydrogen-bond acceptors (Lipinski definition) is 4. The van der Waals surface area contributed by atoms with Gasteiger partial charge in [0.2, 0.25) is 0 Å². The third-order valence-electron chi connectivity index (χ3n) is 2.34. The number of para-hydroxylation sites is 1. The second-order valence-electron chi connectivity index (χ2n) is 3.65. The van der Waals surface area contributed by atoms with Gasteiger partial charge < -0.3 is 10.4 Å². The second kappa shape index (κ2) is 5.98. The topological polar surface area (TPSA) is 92.2 Å². The molecule has 1 aromatic carbocycles. The Kier molecular flexibility index (Phi) is 4.31. The quantitative estimate of drug-likeness (QED) is 0.882. The number of rotatable bonds is 3. The first-order valence-corrected chi connectivity index (χ1v) is 6.47. The van der Waals surface area contributed by atoms with E-state index in [1.807, 2.05) is 0 Å². The molecule has 0 unspecified atom stereocenters. The average Bonchev–Trinajstić information content (AvgIpc) is 2.41. The Morgan fingerprint density at radius 1 is 1.25 bits per heavy atom. The van der Waals surface area contributed by atoms with Gasteiger partial charge in [-0.3, -0.25) is 4.79 Å². The molecule has 2 aromatic rings. The minimum atomic E-state index is -1.15. The lowest BCUT2D eigenvalue weighted by Gasteiger charge is -2.10. The van der Waals surface area contributed by atoms with Gasteiger partial charge in [-0.2, -0.15) is 0 Å². The van der Waals surface area contributed by atoms with Crippen molar-refractivity contribution in [2.75, 3.05) is 5.32 Å². The summed E-state index contributed by atoms with van der Waals surface area (Å²) in [4.78, 5) is 30.6. The number of carboxylic acids is 1. The van der Waals surface area contributed by atoms with Crippen LogP contribution in [0.15, 0.2) is 35.1 Å². The number of halogens is 2. The predicted octanol–water partition coefficient (Wildman–Crippen LogP) is 2.84. The summed E-state index contributed by atoms with van der Waals surface area (Å²) >= 11 is 8.77. The van der Waals surface area contributed by atoms with Crippen LogP contribution in [-0.2, 0) is 0 Å². The van der Waals surface area contributed by atoms with Crippen molar-refractivity contribution >= 4 is 45.1 Å². The van der Waals surface area contributed by atoms with Gasteiger partial charge in [0.05, 0.1) is 23.6 Å². The van der Waals surface area contributed by atoms with E-state index in [9.17, 15) is 9.59 Å². The highest BCUT2D eigenvalue weighted by Crippen LogP contribution is 2.26. The molecule has 102 valence electrons. The van der Waals surface area contributed by atoms with Crippen LogP contribution in [0.1, 0.15) is 20.8 Å². The van der Waals surface area contributed by atoms with Crippen LogP contribution in [0.2, 0.25) is 5.15 Å². The van der Waals surface area contributed by atoms with Crippen molar-refractivity contribution < 1.29 is 14.7 Å². The third-order valence-corrected chi connectivity index (χ3v) is 3.19. The Bertz CT molecular complexity index is 676. The highest BCUT2D eigenvalue weighted by molar-refractivity contribution is 9.10. The number of aromatic carboxylic acids is 1. The van der Waals surface area contributed by atoms with E-state index in [2.05, 4.69) is 31.2 Å². The Labute approximate surface area is 126 Å². The van der Waals surface area contributed by atoms with Gasteiger partial charge in [0.25, 0.3) is 5.91 Å². The summed E-state index contributed by atoms with van der Waals surface area (Å²) in [5, 5.41) is 11.7. The molecule has 6 nitrogen and oxygen atoms in total. The molecule has 0 bridgehead atoms. The van der Waals surface area contributed by atoms with Crippen LogP contribution in [0.3, 0.4) is 0 Å². The van der Waals surface area contributed by atoms with Gasteiger partial charge in [-0.05, 0) is 28.1 Å². The highest BCUT2D eigenvalue weighted by atomic mass is 79.9. The number of carbonyl (C=O) groups excluding carboxylic acids is 1. The molecule has 0 spiro atoms. The molecule has 0 fully saturated rings. The summed E-state index contributed by atoms with van der Waals surface area (Å²) in [6, 6.07) is 4.57. The molecule has 8 heteroatoms. The van der Waals surface area contributed by atoms with Crippen molar-refractivity contribution in [2.45, 2.75) is 0 Å². The molecular weight excluding hydrogens is 350 g/mol. The zero-order valence-corrected chi connectivity index (χ0v) is 12.1. The molecule has 0 aliphatic rings. The molecule has 0 saturated heterocycles. The summed E-state index contributed by atoms with van der Waals surface area (Å²) in [6.45, 7) is 0. The van der Waals surface area contributed by atoms with Crippen molar-refractivity contribution in [3.8, 4) is 0 Å². The molecule has 1 aromatic heterocycles. The van der Waals surface area contributed by atoms with E-state index >= 15 is 0 Å². The van der Waals surface area contributed by atoms with E-state index in [0.717, 1.165) is 0 Å². The largest absolute Gasteiger partial charge is 0.478 e. The highest BCUT2D eigenvalue weighted by Gasteiger charge is 2.17. The van der Waals surface area contributed by atoms with Gasteiger partial charge in [-0.1, -0.05) is 17.7 Å². The fraction of sp³-hybridized carbons (Fsp3) is 0. The van der Waals surface area contributed by atoms with Crippen LogP contribution in [0, 0.1) is 0 Å². The number of aromatic nitrogens is 2. The van der Waals surface area contributed by atoms with Gasteiger partial charge in [0, 0.05) is 4.47 Å². The molecule has 20 heavy (non-hydrogen) atoms. The summed E-state index contributed by atoms with van der Waals surface area (Å²) in [5.41, 5.74) is 0.151. The Hall–Kier alpha value is -1.99. The fourth-order valence-corrected chi connectivity index (χ4v) is 2.00. The van der Waals surface area contributed by atoms with E-state index in [4.69, 9.17) is 16.7 Å². The standard InChI is InChI=1S/C12H7BrClN3O3/c13-7-3-1-2-6(12(19)20)10(7)17-11(18)8-4-16-9(14)5-15-8/h1-5H,(H,17,18)(H,19,20). The predicted molar refractivity (Wildman–Crippen MR) is 76.1 cm³/mol. The number of carbonyl (C=O) groups is 2. The maximum absolute atomic E-state index is 12.0. The SMILES string of the molecule is O=C(Nc1c(Br)cccc1C(=O)O)c1cnc(Cl)cn1. The Morgan fingerprint density at radius 2 is 2.00 bits per heavy atom. The van der Waals surface area contributed by atoms with E-state index in [1.165, 1.54) is 18.5 Å². The first kappa shape index (κ1) is 14.4. The van der Waals surface area contributed by atoms with E-state index in [0.29, 0.717) is 4.47 Å². The smallest absolute Gasteiger partial charge is 0.337 e. The monoisotopic (exact) mass is 355 g/mol. The van der Waals surface area contributed by atoms with Crippen molar-refractivity contribution in [1.29, 1.82) is 0 Å². The molecule has 0 aliphatic carbocycles. The number of nitrogens with one attached hydrogen (secondary N) is 1. The number of carboxylic acid groups (broad SMARTS) is 1. The Morgan fingerprint density at radius 3 is 2.60 bits per heavy atom. The molecule has 0 atom stereocenters. The normalized spacial score (nSPS) is 10.1. The Balaban J connectivity index is 2.32. The van der Waals surface area contributed by atoms with Gasteiger partial charge in [0.1, 0.15) is 10.8 Å². The zero-order valence-electron chi connectivity index (χ0n) is 9.80. The molecule has 2 N–H and O–H groups in total. The van der Waals surface area contributed by atoms with Crippen molar-refractivity contribution in [2.24, 2.45) is 0 Å². The first-order valence-electron chi connectivity index (χ1n) is 5.29. The maximum Gasteiger partial charge on any atom is 0.337 e. The second-order valence-corrected chi connectivity index (χ2v) is 4.89. The van der Waals surface area contributed by atoms with Crippen LogP contribution in [0.4, 0.5) is 5.69 Å². The summed E-state index contributed by atoms with van der Waals surface area (Å²) in [6.07, 6.45) is 2.43. The number of anilines is 1. The lowest BCUT2D eigenvalue weighted by molar-refractivity contribution is 0.0698. The van der Waals surface area contributed by atoms with Crippen molar-refractivity contribution in [3.05, 3.63) is 51.5 Å². The van der Waals surface area contributed by atoms with Crippen molar-refractivity contribution in [3.63, 3.8) is 0 Å². The number of amides is 1. The average molecular weight is 357 g/mol. The zero-order chi connectivity index (χ0) is 14.7.